The van der Waals surface area contributed by atoms with Crippen molar-refractivity contribution in [3.63, 3.8) is 0 Å². The molecule has 2 aromatic rings. The Balaban J connectivity index is 1.94. The van der Waals surface area contributed by atoms with Gasteiger partial charge in [-0.3, -0.25) is 10.1 Å². The zero-order valence-corrected chi connectivity index (χ0v) is 13.0. The van der Waals surface area contributed by atoms with E-state index in [1.54, 1.807) is 42.7 Å². The van der Waals surface area contributed by atoms with Crippen molar-refractivity contribution in [2.75, 3.05) is 19.0 Å². The van der Waals surface area contributed by atoms with Crippen LogP contribution in [0.4, 0.5) is 10.5 Å². The Bertz CT molecular complexity index is 712. The average Bonchev–Trinajstić information content (AvgIpc) is 3.11. The molecule has 0 unspecified atom stereocenters. The first-order valence-electron chi connectivity index (χ1n) is 7.14. The topological polar surface area (TPSA) is 110 Å². The van der Waals surface area contributed by atoms with Gasteiger partial charge >= 0.3 is 12.0 Å². The summed E-state index contributed by atoms with van der Waals surface area (Å²) < 4.78 is 10.1. The molecule has 8 nitrogen and oxygen atoms in total. The molecule has 0 aliphatic rings. The summed E-state index contributed by atoms with van der Waals surface area (Å²) in [7, 11) is 1.37. The number of furan rings is 1. The number of ether oxygens (including phenoxy) is 1. The zero-order chi connectivity index (χ0) is 17.4. The summed E-state index contributed by atoms with van der Waals surface area (Å²) in [4.78, 5) is 34.5. The highest BCUT2D eigenvalue weighted by atomic mass is 16.5. The van der Waals surface area contributed by atoms with E-state index in [0.717, 1.165) is 0 Å². The smallest absolute Gasteiger partial charge is 0.340 e. The molecule has 3 amide bonds. The zero-order valence-electron chi connectivity index (χ0n) is 13.0. The average molecular weight is 331 g/mol. The van der Waals surface area contributed by atoms with E-state index in [1.807, 2.05) is 5.32 Å². The highest BCUT2D eigenvalue weighted by Crippen LogP contribution is 2.17. The monoisotopic (exact) mass is 331 g/mol. The van der Waals surface area contributed by atoms with Gasteiger partial charge in [0.2, 0.25) is 0 Å². The van der Waals surface area contributed by atoms with Gasteiger partial charge in [-0.15, -0.1) is 0 Å². The molecule has 0 saturated heterocycles. The minimum Gasteiger partial charge on any atom is -0.467 e. The number of carbonyl (C=O) groups excluding carboxylic acids is 3. The molecular weight excluding hydrogens is 314 g/mol. The summed E-state index contributed by atoms with van der Waals surface area (Å²) in [5, 5.41) is 7.29. The normalized spacial score (nSPS) is 9.88. The second-order valence-electron chi connectivity index (χ2n) is 4.68. The minimum absolute atomic E-state index is 0.275. The lowest BCUT2D eigenvalue weighted by molar-refractivity contribution is -0.123. The van der Waals surface area contributed by atoms with Gasteiger partial charge in [-0.1, -0.05) is 12.1 Å². The molecule has 0 radical (unpaired) electrons. The molecular formula is C16H17N3O5. The number of esters is 1. The van der Waals surface area contributed by atoms with Crippen LogP contribution in [0.3, 0.4) is 0 Å². The van der Waals surface area contributed by atoms with Crippen LogP contribution in [0.5, 0.6) is 0 Å². The lowest BCUT2D eigenvalue weighted by Gasteiger charge is -2.11. The highest BCUT2D eigenvalue weighted by Gasteiger charge is 2.15. The molecule has 0 bridgehead atoms. The quantitative estimate of drug-likeness (QED) is 0.692. The van der Waals surface area contributed by atoms with Crippen molar-refractivity contribution in [1.82, 2.24) is 10.6 Å². The van der Waals surface area contributed by atoms with Crippen LogP contribution in [0.15, 0.2) is 47.1 Å². The molecule has 0 saturated carbocycles. The van der Waals surface area contributed by atoms with Crippen molar-refractivity contribution in [2.24, 2.45) is 0 Å². The second-order valence-corrected chi connectivity index (χ2v) is 4.68. The predicted molar refractivity (Wildman–Crippen MR) is 85.4 cm³/mol. The SMILES string of the molecule is CNC(=O)NC(=O)COC(=O)c1ccccc1NCc1ccco1. The van der Waals surface area contributed by atoms with Crippen molar-refractivity contribution in [3.05, 3.63) is 54.0 Å². The van der Waals surface area contributed by atoms with Crippen LogP contribution in [0.2, 0.25) is 0 Å². The Kier molecular flexibility index (Phi) is 5.95. The number of hydrogen-bond acceptors (Lipinski definition) is 6. The van der Waals surface area contributed by atoms with Gasteiger partial charge in [-0.25, -0.2) is 9.59 Å². The van der Waals surface area contributed by atoms with Crippen molar-refractivity contribution >= 4 is 23.6 Å². The van der Waals surface area contributed by atoms with Crippen molar-refractivity contribution in [1.29, 1.82) is 0 Å². The number of amides is 3. The van der Waals surface area contributed by atoms with Gasteiger partial charge in [0.25, 0.3) is 5.91 Å². The van der Waals surface area contributed by atoms with E-state index in [9.17, 15) is 14.4 Å². The maximum atomic E-state index is 12.1. The standard InChI is InChI=1S/C16H17N3O5/c1-17-16(22)19-14(20)10-24-15(21)12-6-2-3-7-13(12)18-9-11-5-4-8-23-11/h2-8,18H,9-10H2,1H3,(H2,17,19,20,22). The van der Waals surface area contributed by atoms with Crippen molar-refractivity contribution < 1.29 is 23.5 Å². The van der Waals surface area contributed by atoms with Gasteiger partial charge < -0.3 is 19.8 Å². The third-order valence-corrected chi connectivity index (χ3v) is 2.99. The number of nitrogens with one attached hydrogen (secondary N) is 3. The van der Waals surface area contributed by atoms with Gasteiger partial charge in [0.1, 0.15) is 5.76 Å². The number of rotatable bonds is 6. The van der Waals surface area contributed by atoms with Gasteiger partial charge in [-0.05, 0) is 24.3 Å². The molecule has 1 aromatic carbocycles. The minimum atomic E-state index is -0.719. The van der Waals surface area contributed by atoms with Crippen LogP contribution in [0.25, 0.3) is 0 Å². The number of benzene rings is 1. The molecule has 0 spiro atoms. The van der Waals surface area contributed by atoms with Crippen molar-refractivity contribution in [2.45, 2.75) is 6.54 Å². The first kappa shape index (κ1) is 17.1. The van der Waals surface area contributed by atoms with E-state index in [-0.39, 0.29) is 5.56 Å². The molecule has 1 aromatic heterocycles. The van der Waals surface area contributed by atoms with Crippen LogP contribution in [-0.2, 0) is 16.1 Å². The predicted octanol–water partition coefficient (Wildman–Crippen LogP) is 1.50. The molecule has 1 heterocycles. The third kappa shape index (κ3) is 4.87. The third-order valence-electron chi connectivity index (χ3n) is 2.99. The fourth-order valence-electron chi connectivity index (χ4n) is 1.84. The molecule has 3 N–H and O–H groups in total. The second kappa shape index (κ2) is 8.37. The molecule has 126 valence electrons. The van der Waals surface area contributed by atoms with Gasteiger partial charge in [0.15, 0.2) is 6.61 Å². The summed E-state index contributed by atoms with van der Waals surface area (Å²) in [5.41, 5.74) is 0.822. The molecule has 0 fully saturated rings. The van der Waals surface area contributed by atoms with Crippen LogP contribution >= 0.6 is 0 Å². The number of carbonyl (C=O) groups is 3. The van der Waals surface area contributed by atoms with Crippen LogP contribution in [-0.4, -0.2) is 31.6 Å². The molecule has 0 aliphatic heterocycles. The summed E-state index contributed by atoms with van der Waals surface area (Å²) in [6, 6.07) is 9.63. The van der Waals surface area contributed by atoms with E-state index < -0.39 is 24.5 Å². The van der Waals surface area contributed by atoms with E-state index in [1.165, 1.54) is 7.05 Å². The number of para-hydroxylation sites is 1. The summed E-state index contributed by atoms with van der Waals surface area (Å²) >= 11 is 0. The van der Waals surface area contributed by atoms with Crippen LogP contribution in [0, 0.1) is 0 Å². The Morgan fingerprint density at radius 3 is 2.62 bits per heavy atom. The van der Waals surface area contributed by atoms with Gasteiger partial charge in [0, 0.05) is 12.7 Å². The maximum Gasteiger partial charge on any atom is 0.340 e. The highest BCUT2D eigenvalue weighted by molar-refractivity contribution is 5.99. The van der Waals surface area contributed by atoms with E-state index >= 15 is 0 Å². The molecule has 0 atom stereocenters. The lowest BCUT2D eigenvalue weighted by Crippen LogP contribution is -2.39. The van der Waals surface area contributed by atoms with Crippen LogP contribution in [0.1, 0.15) is 16.1 Å². The molecule has 8 heteroatoms. The largest absolute Gasteiger partial charge is 0.467 e. The number of urea groups is 1. The van der Waals surface area contributed by atoms with Crippen LogP contribution < -0.4 is 16.0 Å². The van der Waals surface area contributed by atoms with Gasteiger partial charge in [-0.2, -0.15) is 0 Å². The Hall–Kier alpha value is -3.29. The van der Waals surface area contributed by atoms with E-state index in [0.29, 0.717) is 18.0 Å². The fraction of sp³-hybridized carbons (Fsp3) is 0.188. The number of hydrogen-bond donors (Lipinski definition) is 3. The Morgan fingerprint density at radius 2 is 1.92 bits per heavy atom. The molecule has 0 aliphatic carbocycles. The first-order chi connectivity index (χ1) is 11.6. The molecule has 24 heavy (non-hydrogen) atoms. The molecule has 2 rings (SSSR count). The number of anilines is 1. The summed E-state index contributed by atoms with van der Waals surface area (Å²) in [6.07, 6.45) is 1.56. The first-order valence-corrected chi connectivity index (χ1v) is 7.14. The number of imide groups is 1. The fourth-order valence-corrected chi connectivity index (χ4v) is 1.84. The maximum absolute atomic E-state index is 12.1. The lowest BCUT2D eigenvalue weighted by atomic mass is 10.2. The van der Waals surface area contributed by atoms with Gasteiger partial charge in [0.05, 0.1) is 18.4 Å². The van der Waals surface area contributed by atoms with Crippen molar-refractivity contribution in [3.8, 4) is 0 Å². The van der Waals surface area contributed by atoms with E-state index in [4.69, 9.17) is 9.15 Å². The summed E-state index contributed by atoms with van der Waals surface area (Å²) in [6.45, 7) is -0.160. The Morgan fingerprint density at radius 1 is 1.12 bits per heavy atom. The summed E-state index contributed by atoms with van der Waals surface area (Å²) in [5.74, 6) is -0.684. The Labute approximate surface area is 138 Å². The van der Waals surface area contributed by atoms with E-state index in [2.05, 4.69) is 10.6 Å².